The van der Waals surface area contributed by atoms with Gasteiger partial charge in [0.1, 0.15) is 5.75 Å². The molecule has 0 aliphatic heterocycles. The fraction of sp³-hybridized carbons (Fsp3) is 0.316. The molecule has 0 heterocycles. The normalized spacial score (nSPS) is 12.0. The number of ether oxygens (including phenoxy) is 1. The Morgan fingerprint density at radius 2 is 1.68 bits per heavy atom. The summed E-state index contributed by atoms with van der Waals surface area (Å²) in [5.41, 5.74) is 4.46. The molecule has 2 rings (SSSR count). The Morgan fingerprint density at radius 3 is 2.23 bits per heavy atom. The molecule has 0 aromatic heterocycles. The summed E-state index contributed by atoms with van der Waals surface area (Å²) in [7, 11) is 0. The Bertz CT molecular complexity index is 644. The fourth-order valence-electron chi connectivity index (χ4n) is 2.26. The molecule has 0 aliphatic rings. The molecule has 3 nitrogen and oxygen atoms in total. The standard InChI is InChI=1S/C19H22O3/c1-4-15-6-8-16(9-7-15)12-18(19(20)21)22-17-10-5-13(2)14(3)11-17/h5-11,18H,4,12H2,1-3H3,(H,20,21). The predicted octanol–water partition coefficient (Wildman–Crippen LogP) is 3.94. The average Bonchev–Trinajstić information content (AvgIpc) is 2.51. The van der Waals surface area contributed by atoms with Gasteiger partial charge in [-0.15, -0.1) is 0 Å². The first kappa shape index (κ1) is 16.1. The highest BCUT2D eigenvalue weighted by Crippen LogP contribution is 2.19. The third kappa shape index (κ3) is 4.10. The Hall–Kier alpha value is -2.29. The van der Waals surface area contributed by atoms with Crippen molar-refractivity contribution in [3.05, 3.63) is 64.7 Å². The van der Waals surface area contributed by atoms with Gasteiger partial charge in [-0.25, -0.2) is 4.79 Å². The number of hydrogen-bond acceptors (Lipinski definition) is 2. The van der Waals surface area contributed by atoms with Crippen molar-refractivity contribution in [3.63, 3.8) is 0 Å². The lowest BCUT2D eigenvalue weighted by molar-refractivity contribution is -0.145. The molecule has 0 aliphatic carbocycles. The minimum atomic E-state index is -0.946. The third-order valence-corrected chi connectivity index (χ3v) is 3.88. The van der Waals surface area contributed by atoms with Gasteiger partial charge in [0.25, 0.3) is 0 Å². The van der Waals surface area contributed by atoms with Crippen LogP contribution in [0, 0.1) is 13.8 Å². The number of rotatable bonds is 6. The van der Waals surface area contributed by atoms with E-state index >= 15 is 0 Å². The smallest absolute Gasteiger partial charge is 0.345 e. The van der Waals surface area contributed by atoms with Crippen LogP contribution in [0.4, 0.5) is 0 Å². The number of aliphatic carboxylic acids is 1. The van der Waals surface area contributed by atoms with Crippen LogP contribution in [-0.2, 0) is 17.6 Å². The van der Waals surface area contributed by atoms with Crippen molar-refractivity contribution in [2.75, 3.05) is 0 Å². The summed E-state index contributed by atoms with van der Waals surface area (Å²) in [5, 5.41) is 9.40. The van der Waals surface area contributed by atoms with Gasteiger partial charge in [0.05, 0.1) is 0 Å². The van der Waals surface area contributed by atoms with E-state index in [2.05, 4.69) is 6.92 Å². The fourth-order valence-corrected chi connectivity index (χ4v) is 2.26. The van der Waals surface area contributed by atoms with Crippen molar-refractivity contribution in [2.45, 2.75) is 39.7 Å². The summed E-state index contributed by atoms with van der Waals surface area (Å²) in [6.45, 7) is 6.10. The molecule has 22 heavy (non-hydrogen) atoms. The van der Waals surface area contributed by atoms with Gasteiger partial charge in [0.2, 0.25) is 0 Å². The molecule has 1 atom stereocenters. The average molecular weight is 298 g/mol. The maximum Gasteiger partial charge on any atom is 0.345 e. The molecular weight excluding hydrogens is 276 g/mol. The maximum atomic E-state index is 11.5. The lowest BCUT2D eigenvalue weighted by atomic mass is 10.0. The minimum Gasteiger partial charge on any atom is -0.478 e. The molecule has 1 N–H and O–H groups in total. The molecule has 0 saturated heterocycles. The summed E-state index contributed by atoms with van der Waals surface area (Å²) in [6.07, 6.45) is 0.447. The molecule has 116 valence electrons. The molecular formula is C19H22O3. The molecule has 0 bridgehead atoms. The quantitative estimate of drug-likeness (QED) is 0.878. The van der Waals surface area contributed by atoms with Gasteiger partial charge in [-0.05, 0) is 54.7 Å². The van der Waals surface area contributed by atoms with Crippen molar-refractivity contribution in [1.29, 1.82) is 0 Å². The second-order valence-electron chi connectivity index (χ2n) is 5.56. The highest BCUT2D eigenvalue weighted by molar-refractivity contribution is 5.73. The van der Waals surface area contributed by atoms with Gasteiger partial charge < -0.3 is 9.84 Å². The second kappa shape index (κ2) is 7.12. The number of carboxylic acids is 1. The molecule has 0 fully saturated rings. The van der Waals surface area contributed by atoms with Crippen molar-refractivity contribution in [3.8, 4) is 5.75 Å². The van der Waals surface area contributed by atoms with Gasteiger partial charge in [-0.3, -0.25) is 0 Å². The summed E-state index contributed by atoms with van der Waals surface area (Å²) in [6, 6.07) is 13.6. The summed E-state index contributed by atoms with van der Waals surface area (Å²) in [4.78, 5) is 11.5. The summed E-state index contributed by atoms with van der Waals surface area (Å²) < 4.78 is 5.67. The first-order valence-corrected chi connectivity index (χ1v) is 7.54. The Balaban J connectivity index is 2.12. The van der Waals surface area contributed by atoms with Crippen LogP contribution in [0.3, 0.4) is 0 Å². The van der Waals surface area contributed by atoms with Crippen LogP contribution < -0.4 is 4.74 Å². The maximum absolute atomic E-state index is 11.5. The molecule has 2 aromatic rings. The van der Waals surface area contributed by atoms with Crippen LogP contribution in [0.5, 0.6) is 5.75 Å². The van der Waals surface area contributed by atoms with E-state index in [0.29, 0.717) is 12.2 Å². The molecule has 0 spiro atoms. The third-order valence-electron chi connectivity index (χ3n) is 3.88. The van der Waals surface area contributed by atoms with Gasteiger partial charge >= 0.3 is 5.97 Å². The van der Waals surface area contributed by atoms with E-state index < -0.39 is 12.1 Å². The zero-order chi connectivity index (χ0) is 16.1. The zero-order valence-corrected chi connectivity index (χ0v) is 13.3. The first-order valence-electron chi connectivity index (χ1n) is 7.54. The van der Waals surface area contributed by atoms with Crippen LogP contribution >= 0.6 is 0 Å². The first-order chi connectivity index (χ1) is 10.5. The number of benzene rings is 2. The van der Waals surface area contributed by atoms with E-state index in [1.54, 1.807) is 0 Å². The second-order valence-corrected chi connectivity index (χ2v) is 5.56. The van der Waals surface area contributed by atoms with Gasteiger partial charge in [0.15, 0.2) is 6.10 Å². The number of carboxylic acid groups (broad SMARTS) is 1. The molecule has 2 aromatic carbocycles. The number of aryl methyl sites for hydroxylation is 3. The number of hydrogen-bond donors (Lipinski definition) is 1. The topological polar surface area (TPSA) is 46.5 Å². The van der Waals surface area contributed by atoms with Crippen LogP contribution in [0.25, 0.3) is 0 Å². The highest BCUT2D eigenvalue weighted by atomic mass is 16.5. The van der Waals surface area contributed by atoms with Gasteiger partial charge in [0, 0.05) is 6.42 Å². The largest absolute Gasteiger partial charge is 0.478 e. The van der Waals surface area contributed by atoms with Crippen molar-refractivity contribution in [2.24, 2.45) is 0 Å². The van der Waals surface area contributed by atoms with Crippen molar-refractivity contribution >= 4 is 5.97 Å². The summed E-state index contributed by atoms with van der Waals surface area (Å²) >= 11 is 0. The molecule has 1 unspecified atom stereocenters. The lowest BCUT2D eigenvalue weighted by Gasteiger charge is -2.16. The van der Waals surface area contributed by atoms with E-state index in [0.717, 1.165) is 23.1 Å². The van der Waals surface area contributed by atoms with E-state index in [1.165, 1.54) is 5.56 Å². The predicted molar refractivity (Wildman–Crippen MR) is 87.5 cm³/mol. The van der Waals surface area contributed by atoms with Crippen LogP contribution in [0.2, 0.25) is 0 Å². The minimum absolute atomic E-state index is 0.353. The highest BCUT2D eigenvalue weighted by Gasteiger charge is 2.20. The van der Waals surface area contributed by atoms with E-state index in [9.17, 15) is 9.90 Å². The molecule has 0 amide bonds. The Labute approximate surface area is 131 Å². The summed E-state index contributed by atoms with van der Waals surface area (Å²) in [5.74, 6) is -0.349. The van der Waals surface area contributed by atoms with Crippen molar-refractivity contribution in [1.82, 2.24) is 0 Å². The Kier molecular flexibility index (Phi) is 5.21. The van der Waals surface area contributed by atoms with Gasteiger partial charge in [-0.1, -0.05) is 37.3 Å². The van der Waals surface area contributed by atoms with Crippen LogP contribution in [0.1, 0.15) is 29.2 Å². The zero-order valence-electron chi connectivity index (χ0n) is 13.3. The molecule has 0 radical (unpaired) electrons. The van der Waals surface area contributed by atoms with E-state index in [1.807, 2.05) is 56.3 Å². The molecule has 3 heteroatoms. The number of carbonyl (C=O) groups is 1. The lowest BCUT2D eigenvalue weighted by Crippen LogP contribution is -2.29. The van der Waals surface area contributed by atoms with Gasteiger partial charge in [-0.2, -0.15) is 0 Å². The van der Waals surface area contributed by atoms with E-state index in [4.69, 9.17) is 4.74 Å². The van der Waals surface area contributed by atoms with Crippen LogP contribution in [-0.4, -0.2) is 17.2 Å². The SMILES string of the molecule is CCc1ccc(CC(Oc2ccc(C)c(C)c2)C(=O)O)cc1. The Morgan fingerprint density at radius 1 is 1.05 bits per heavy atom. The van der Waals surface area contributed by atoms with Crippen LogP contribution in [0.15, 0.2) is 42.5 Å². The monoisotopic (exact) mass is 298 g/mol. The van der Waals surface area contributed by atoms with E-state index in [-0.39, 0.29) is 0 Å². The van der Waals surface area contributed by atoms with Crippen molar-refractivity contribution < 1.29 is 14.6 Å². The molecule has 0 saturated carbocycles.